The molecule has 32 heavy (non-hydrogen) atoms. The molecule has 0 atom stereocenters. The minimum atomic E-state index is 0.00996. The van der Waals surface area contributed by atoms with E-state index in [-0.39, 0.29) is 11.8 Å². The van der Waals surface area contributed by atoms with E-state index in [9.17, 15) is 4.79 Å². The van der Waals surface area contributed by atoms with E-state index in [1.165, 1.54) is 0 Å². The normalized spacial score (nSPS) is 15.2. The van der Waals surface area contributed by atoms with E-state index in [2.05, 4.69) is 38.6 Å². The summed E-state index contributed by atoms with van der Waals surface area (Å²) in [5.41, 5.74) is 3.01. The lowest BCUT2D eigenvalue weighted by Crippen LogP contribution is -2.37. The second kappa shape index (κ2) is 8.93. The van der Waals surface area contributed by atoms with Gasteiger partial charge in [0.25, 0.3) is 0 Å². The minimum absolute atomic E-state index is 0.00996. The maximum Gasteiger partial charge on any atom is 0.241 e. The Bertz CT molecular complexity index is 1240. The highest BCUT2D eigenvalue weighted by molar-refractivity contribution is 6.02. The van der Waals surface area contributed by atoms with Crippen molar-refractivity contribution < 1.29 is 9.32 Å². The Labute approximate surface area is 187 Å². The number of hydrogen-bond donors (Lipinski definition) is 1. The van der Waals surface area contributed by atoms with E-state index < -0.39 is 0 Å². The van der Waals surface area contributed by atoms with Crippen molar-refractivity contribution in [2.24, 2.45) is 5.92 Å². The summed E-state index contributed by atoms with van der Waals surface area (Å²) in [6, 6.07) is 22.2. The number of rotatable bonds is 5. The van der Waals surface area contributed by atoms with Crippen molar-refractivity contribution in [1.82, 2.24) is 15.0 Å². The number of carbonyl (C=O) groups is 1. The molecule has 4 aromatic rings. The van der Waals surface area contributed by atoms with Gasteiger partial charge in [-0.05, 0) is 50.4 Å². The van der Waals surface area contributed by atoms with Crippen LogP contribution in [0.3, 0.4) is 0 Å². The largest absolute Gasteiger partial charge is 0.338 e. The van der Waals surface area contributed by atoms with Crippen LogP contribution in [0.4, 0.5) is 5.69 Å². The molecule has 162 valence electrons. The minimum Gasteiger partial charge on any atom is -0.338 e. The van der Waals surface area contributed by atoms with Crippen molar-refractivity contribution in [3.8, 4) is 11.4 Å². The van der Waals surface area contributed by atoms with E-state index >= 15 is 0 Å². The van der Waals surface area contributed by atoms with Gasteiger partial charge in [-0.25, -0.2) is 0 Å². The quantitative estimate of drug-likeness (QED) is 0.484. The molecule has 3 aromatic carbocycles. The van der Waals surface area contributed by atoms with Crippen molar-refractivity contribution in [3.05, 3.63) is 78.2 Å². The number of aromatic nitrogens is 2. The molecule has 1 amide bonds. The number of amides is 1. The number of nitrogens with one attached hydrogen (secondary N) is 1. The molecule has 6 heteroatoms. The van der Waals surface area contributed by atoms with Crippen LogP contribution in [0, 0.1) is 12.8 Å². The van der Waals surface area contributed by atoms with Gasteiger partial charge in [-0.1, -0.05) is 65.3 Å². The molecule has 0 saturated carbocycles. The Hall–Kier alpha value is -3.51. The average molecular weight is 427 g/mol. The van der Waals surface area contributed by atoms with Crippen LogP contribution in [0.5, 0.6) is 0 Å². The molecule has 6 nitrogen and oxygen atoms in total. The molecule has 0 unspecified atom stereocenters. The van der Waals surface area contributed by atoms with E-state index in [4.69, 9.17) is 4.52 Å². The molecule has 0 bridgehead atoms. The predicted molar refractivity (Wildman–Crippen MR) is 125 cm³/mol. The van der Waals surface area contributed by atoms with Crippen LogP contribution < -0.4 is 5.32 Å². The zero-order valence-electron chi connectivity index (χ0n) is 18.1. The summed E-state index contributed by atoms with van der Waals surface area (Å²) in [6.07, 6.45) is 1.63. The summed E-state index contributed by atoms with van der Waals surface area (Å²) in [5.74, 6) is 1.34. The van der Waals surface area contributed by atoms with Gasteiger partial charge in [0.15, 0.2) is 0 Å². The van der Waals surface area contributed by atoms with E-state index in [0.717, 1.165) is 53.5 Å². The van der Waals surface area contributed by atoms with Gasteiger partial charge in [0.05, 0.1) is 6.54 Å². The molecule has 1 N–H and O–H groups in total. The Morgan fingerprint density at radius 3 is 2.69 bits per heavy atom. The molecule has 1 aliphatic heterocycles. The van der Waals surface area contributed by atoms with Crippen LogP contribution in [0.2, 0.25) is 0 Å². The number of anilines is 1. The number of piperidine rings is 1. The highest BCUT2D eigenvalue weighted by atomic mass is 16.5. The molecule has 2 heterocycles. The molecule has 1 fully saturated rings. The van der Waals surface area contributed by atoms with Crippen molar-refractivity contribution in [1.29, 1.82) is 0 Å². The lowest BCUT2D eigenvalue weighted by Gasteiger charge is -2.30. The van der Waals surface area contributed by atoms with Crippen molar-refractivity contribution in [3.63, 3.8) is 0 Å². The van der Waals surface area contributed by atoms with Gasteiger partial charge in [-0.3, -0.25) is 9.69 Å². The number of benzene rings is 3. The Morgan fingerprint density at radius 2 is 1.84 bits per heavy atom. The van der Waals surface area contributed by atoms with Crippen LogP contribution in [-0.2, 0) is 11.3 Å². The summed E-state index contributed by atoms with van der Waals surface area (Å²) < 4.78 is 5.47. The van der Waals surface area contributed by atoms with Crippen LogP contribution in [0.25, 0.3) is 22.2 Å². The molecule has 1 aromatic heterocycles. The Balaban J connectivity index is 1.17. The monoisotopic (exact) mass is 426 g/mol. The molecule has 0 spiro atoms. The molecule has 1 saturated heterocycles. The van der Waals surface area contributed by atoms with Crippen molar-refractivity contribution in [2.45, 2.75) is 26.3 Å². The summed E-state index contributed by atoms with van der Waals surface area (Å²) >= 11 is 0. The van der Waals surface area contributed by atoms with Gasteiger partial charge < -0.3 is 9.84 Å². The fourth-order valence-electron chi connectivity index (χ4n) is 4.33. The van der Waals surface area contributed by atoms with Crippen LogP contribution in [0.15, 0.2) is 71.3 Å². The highest BCUT2D eigenvalue weighted by Crippen LogP contribution is 2.26. The average Bonchev–Trinajstić information content (AvgIpc) is 3.28. The first-order valence-corrected chi connectivity index (χ1v) is 11.1. The second-order valence-corrected chi connectivity index (χ2v) is 8.45. The smallest absolute Gasteiger partial charge is 0.241 e. The topological polar surface area (TPSA) is 71.3 Å². The Morgan fingerprint density at radius 1 is 1.06 bits per heavy atom. The van der Waals surface area contributed by atoms with Crippen molar-refractivity contribution in [2.75, 3.05) is 18.4 Å². The third-order valence-corrected chi connectivity index (χ3v) is 6.11. The number of carbonyl (C=O) groups excluding carboxylic acids is 1. The number of nitrogens with zero attached hydrogens (tertiary/aromatic N) is 3. The third kappa shape index (κ3) is 4.41. The van der Waals surface area contributed by atoms with Gasteiger partial charge in [0.2, 0.25) is 17.6 Å². The zero-order valence-corrected chi connectivity index (χ0v) is 18.1. The van der Waals surface area contributed by atoms with Gasteiger partial charge in [-0.15, -0.1) is 0 Å². The van der Waals surface area contributed by atoms with Gasteiger partial charge in [0.1, 0.15) is 0 Å². The van der Waals surface area contributed by atoms with Crippen LogP contribution in [-0.4, -0.2) is 34.0 Å². The molecule has 0 radical (unpaired) electrons. The van der Waals surface area contributed by atoms with E-state index in [0.29, 0.717) is 18.3 Å². The fourth-order valence-corrected chi connectivity index (χ4v) is 4.33. The number of hydrogen-bond acceptors (Lipinski definition) is 5. The molecule has 0 aliphatic carbocycles. The summed E-state index contributed by atoms with van der Waals surface area (Å²) in [7, 11) is 0. The molecule has 1 aliphatic rings. The first kappa shape index (κ1) is 20.4. The molecule has 5 rings (SSSR count). The SMILES string of the molecule is Cc1cccc(-c2noc(CN3CCC(C(=O)Nc4cccc5ccccc45)CC3)n2)c1. The highest BCUT2D eigenvalue weighted by Gasteiger charge is 2.26. The summed E-state index contributed by atoms with van der Waals surface area (Å²) in [4.78, 5) is 19.7. The summed E-state index contributed by atoms with van der Waals surface area (Å²) in [6.45, 7) is 4.31. The fraction of sp³-hybridized carbons (Fsp3) is 0.269. The molecular weight excluding hydrogens is 400 g/mol. The third-order valence-electron chi connectivity index (χ3n) is 6.11. The maximum atomic E-state index is 12.9. The van der Waals surface area contributed by atoms with Crippen LogP contribution >= 0.6 is 0 Å². The van der Waals surface area contributed by atoms with E-state index in [1.807, 2.05) is 55.5 Å². The van der Waals surface area contributed by atoms with Crippen molar-refractivity contribution >= 4 is 22.4 Å². The van der Waals surface area contributed by atoms with Crippen LogP contribution in [0.1, 0.15) is 24.3 Å². The standard InChI is InChI=1S/C26H26N4O2/c1-18-6-4-9-21(16-18)25-28-24(32-29-25)17-30-14-12-20(13-15-30)26(31)27-23-11-5-8-19-7-2-3-10-22(19)23/h2-11,16,20H,12-15,17H2,1H3,(H,27,31). The van der Waals surface area contributed by atoms with Gasteiger partial charge >= 0.3 is 0 Å². The first-order chi connectivity index (χ1) is 15.7. The molecular formula is C26H26N4O2. The number of likely N-dealkylation sites (tertiary alicyclic amines) is 1. The summed E-state index contributed by atoms with van der Waals surface area (Å²) in [5, 5.41) is 9.48. The van der Waals surface area contributed by atoms with Gasteiger partial charge in [0, 0.05) is 22.6 Å². The second-order valence-electron chi connectivity index (χ2n) is 8.45. The van der Waals surface area contributed by atoms with Gasteiger partial charge in [-0.2, -0.15) is 4.98 Å². The zero-order chi connectivity index (χ0) is 21.9. The lowest BCUT2D eigenvalue weighted by molar-refractivity contribution is -0.121. The van der Waals surface area contributed by atoms with E-state index in [1.54, 1.807) is 0 Å². The maximum absolute atomic E-state index is 12.9. The first-order valence-electron chi connectivity index (χ1n) is 11.1. The Kier molecular flexibility index (Phi) is 5.69. The number of fused-ring (bicyclic) bond motifs is 1. The predicted octanol–water partition coefficient (Wildman–Crippen LogP) is 5.05. The number of aryl methyl sites for hydroxylation is 1. The lowest BCUT2D eigenvalue weighted by atomic mass is 9.95.